The van der Waals surface area contributed by atoms with Gasteiger partial charge in [-0.05, 0) is 37.8 Å². The number of likely N-dealkylation sites (tertiary alicyclic amines) is 1. The number of pyridine rings is 1. The zero-order valence-corrected chi connectivity index (χ0v) is 14.6. The fourth-order valence-corrected chi connectivity index (χ4v) is 2.98. The molecule has 1 aliphatic rings. The predicted octanol–water partition coefficient (Wildman–Crippen LogP) is 1.66. The number of nitriles is 1. The fourth-order valence-electron chi connectivity index (χ4n) is 2.98. The van der Waals surface area contributed by atoms with Crippen molar-refractivity contribution in [3.05, 3.63) is 23.9 Å². The molecule has 0 saturated carbocycles. The summed E-state index contributed by atoms with van der Waals surface area (Å²) in [4.78, 5) is 30.5. The van der Waals surface area contributed by atoms with Crippen LogP contribution in [0.15, 0.2) is 18.3 Å². The lowest BCUT2D eigenvalue weighted by Crippen LogP contribution is -2.52. The van der Waals surface area contributed by atoms with Gasteiger partial charge in [0.2, 0.25) is 11.8 Å². The van der Waals surface area contributed by atoms with E-state index in [1.165, 1.54) is 0 Å². The lowest BCUT2D eigenvalue weighted by molar-refractivity contribution is -0.142. The monoisotopic (exact) mass is 343 g/mol. The topological polar surface area (TPSA) is 98.1 Å². The Hall–Kier alpha value is -2.62. The third-order valence-corrected chi connectivity index (χ3v) is 4.23. The number of aromatic nitrogens is 1. The van der Waals surface area contributed by atoms with E-state index in [-0.39, 0.29) is 17.9 Å². The molecule has 0 radical (unpaired) electrons. The first-order chi connectivity index (χ1) is 12.2. The van der Waals surface area contributed by atoms with Gasteiger partial charge in [0.1, 0.15) is 17.9 Å². The van der Waals surface area contributed by atoms with Crippen molar-refractivity contribution in [3.63, 3.8) is 0 Å². The SMILES string of the molecule is CCCC(=O)N1CCCCC1C(=O)NCCNc1ncccc1C#N. The van der Waals surface area contributed by atoms with Gasteiger partial charge in [-0.3, -0.25) is 9.59 Å². The number of rotatable bonds is 7. The summed E-state index contributed by atoms with van der Waals surface area (Å²) >= 11 is 0. The Bertz CT molecular complexity index is 641. The van der Waals surface area contributed by atoms with Crippen molar-refractivity contribution in [1.82, 2.24) is 15.2 Å². The van der Waals surface area contributed by atoms with Crippen molar-refractivity contribution in [1.29, 1.82) is 5.26 Å². The summed E-state index contributed by atoms with van der Waals surface area (Å²) < 4.78 is 0. The largest absolute Gasteiger partial charge is 0.367 e. The van der Waals surface area contributed by atoms with Crippen LogP contribution in [0.25, 0.3) is 0 Å². The van der Waals surface area contributed by atoms with Crippen molar-refractivity contribution in [2.24, 2.45) is 0 Å². The Kier molecular flexibility index (Phi) is 7.20. The van der Waals surface area contributed by atoms with Gasteiger partial charge in [-0.2, -0.15) is 5.26 Å². The van der Waals surface area contributed by atoms with Crippen molar-refractivity contribution in [3.8, 4) is 6.07 Å². The Balaban J connectivity index is 1.82. The molecule has 2 amide bonds. The Labute approximate surface area is 148 Å². The minimum atomic E-state index is -0.364. The Morgan fingerprint density at radius 3 is 3.00 bits per heavy atom. The van der Waals surface area contributed by atoms with E-state index in [2.05, 4.69) is 21.7 Å². The van der Waals surface area contributed by atoms with Crippen LogP contribution in [0, 0.1) is 11.3 Å². The molecule has 1 aromatic heterocycles. The van der Waals surface area contributed by atoms with Gasteiger partial charge in [0.05, 0.1) is 5.56 Å². The third-order valence-electron chi connectivity index (χ3n) is 4.23. The van der Waals surface area contributed by atoms with Crippen LogP contribution in [0.4, 0.5) is 5.82 Å². The zero-order chi connectivity index (χ0) is 18.1. The highest BCUT2D eigenvalue weighted by molar-refractivity contribution is 5.87. The minimum absolute atomic E-state index is 0.0626. The molecule has 7 heteroatoms. The number of anilines is 1. The molecule has 2 heterocycles. The molecule has 2 rings (SSSR count). The van der Waals surface area contributed by atoms with E-state index in [9.17, 15) is 9.59 Å². The van der Waals surface area contributed by atoms with Gasteiger partial charge in [0.15, 0.2) is 0 Å². The summed E-state index contributed by atoms with van der Waals surface area (Å²) in [6.45, 7) is 3.50. The molecule has 2 N–H and O–H groups in total. The van der Waals surface area contributed by atoms with Crippen LogP contribution in [0.2, 0.25) is 0 Å². The molecule has 0 aromatic carbocycles. The number of hydrogen-bond acceptors (Lipinski definition) is 5. The molecule has 7 nitrogen and oxygen atoms in total. The number of carbonyl (C=O) groups excluding carboxylic acids is 2. The summed E-state index contributed by atoms with van der Waals surface area (Å²) in [6.07, 6.45) is 5.53. The molecule has 0 aliphatic carbocycles. The number of nitrogens with zero attached hydrogens (tertiary/aromatic N) is 3. The fraction of sp³-hybridized carbons (Fsp3) is 0.556. The second kappa shape index (κ2) is 9.62. The second-order valence-corrected chi connectivity index (χ2v) is 6.08. The van der Waals surface area contributed by atoms with Crippen LogP contribution in [-0.2, 0) is 9.59 Å². The average Bonchev–Trinajstić information content (AvgIpc) is 2.65. The van der Waals surface area contributed by atoms with Gasteiger partial charge in [0, 0.05) is 32.3 Å². The molecule has 1 aliphatic heterocycles. The molecule has 1 fully saturated rings. The number of amides is 2. The van der Waals surface area contributed by atoms with Crippen molar-refractivity contribution in [2.45, 2.75) is 45.1 Å². The molecule has 1 saturated heterocycles. The second-order valence-electron chi connectivity index (χ2n) is 6.08. The average molecular weight is 343 g/mol. The van der Waals surface area contributed by atoms with Gasteiger partial charge in [0.25, 0.3) is 0 Å². The quantitative estimate of drug-likeness (QED) is 0.734. The first kappa shape index (κ1) is 18.7. The molecule has 1 aromatic rings. The Morgan fingerprint density at radius 2 is 2.24 bits per heavy atom. The smallest absolute Gasteiger partial charge is 0.242 e. The van der Waals surface area contributed by atoms with E-state index < -0.39 is 0 Å². The summed E-state index contributed by atoms with van der Waals surface area (Å²) in [5.74, 6) is 0.469. The van der Waals surface area contributed by atoms with Crippen LogP contribution in [-0.4, -0.2) is 47.4 Å². The van der Waals surface area contributed by atoms with Crippen LogP contribution in [0.1, 0.15) is 44.6 Å². The van der Waals surface area contributed by atoms with E-state index in [0.29, 0.717) is 43.9 Å². The van der Waals surface area contributed by atoms with Gasteiger partial charge < -0.3 is 15.5 Å². The number of hydrogen-bond donors (Lipinski definition) is 2. The van der Waals surface area contributed by atoms with E-state index in [0.717, 1.165) is 19.3 Å². The summed E-state index contributed by atoms with van der Waals surface area (Å²) in [5, 5.41) is 14.9. The molecule has 134 valence electrons. The molecular formula is C18H25N5O2. The van der Waals surface area contributed by atoms with E-state index in [1.807, 2.05) is 6.92 Å². The highest BCUT2D eigenvalue weighted by Crippen LogP contribution is 2.18. The van der Waals surface area contributed by atoms with E-state index in [1.54, 1.807) is 23.2 Å². The molecule has 0 bridgehead atoms. The normalized spacial score (nSPS) is 16.8. The first-order valence-electron chi connectivity index (χ1n) is 8.83. The van der Waals surface area contributed by atoms with Crippen LogP contribution >= 0.6 is 0 Å². The van der Waals surface area contributed by atoms with Crippen molar-refractivity contribution >= 4 is 17.6 Å². The number of piperidine rings is 1. The summed E-state index contributed by atoms with van der Waals surface area (Å²) in [6, 6.07) is 5.10. The summed E-state index contributed by atoms with van der Waals surface area (Å²) in [5.41, 5.74) is 0.470. The van der Waals surface area contributed by atoms with Gasteiger partial charge in [-0.25, -0.2) is 4.98 Å². The summed E-state index contributed by atoms with van der Waals surface area (Å²) in [7, 11) is 0. The lowest BCUT2D eigenvalue weighted by Gasteiger charge is -2.34. The first-order valence-corrected chi connectivity index (χ1v) is 8.83. The van der Waals surface area contributed by atoms with E-state index in [4.69, 9.17) is 5.26 Å². The zero-order valence-electron chi connectivity index (χ0n) is 14.6. The van der Waals surface area contributed by atoms with Gasteiger partial charge in [-0.15, -0.1) is 0 Å². The highest BCUT2D eigenvalue weighted by Gasteiger charge is 2.31. The van der Waals surface area contributed by atoms with Gasteiger partial charge in [-0.1, -0.05) is 6.92 Å². The molecule has 25 heavy (non-hydrogen) atoms. The lowest BCUT2D eigenvalue weighted by atomic mass is 10.0. The van der Waals surface area contributed by atoms with Gasteiger partial charge >= 0.3 is 0 Å². The molecule has 0 spiro atoms. The van der Waals surface area contributed by atoms with Crippen LogP contribution in [0.3, 0.4) is 0 Å². The standard InChI is InChI=1S/C18H25N5O2/c1-2-6-16(24)23-12-4-3-8-15(23)18(25)22-11-10-21-17-14(13-19)7-5-9-20-17/h5,7,9,15H,2-4,6,8,10-12H2,1H3,(H,20,21)(H,22,25). The van der Waals surface area contributed by atoms with Crippen molar-refractivity contribution < 1.29 is 9.59 Å². The van der Waals surface area contributed by atoms with Crippen LogP contribution in [0.5, 0.6) is 0 Å². The highest BCUT2D eigenvalue weighted by atomic mass is 16.2. The van der Waals surface area contributed by atoms with Crippen molar-refractivity contribution in [2.75, 3.05) is 25.0 Å². The predicted molar refractivity (Wildman–Crippen MR) is 94.7 cm³/mol. The maximum atomic E-state index is 12.5. The maximum absolute atomic E-state index is 12.5. The molecular weight excluding hydrogens is 318 g/mol. The maximum Gasteiger partial charge on any atom is 0.242 e. The molecule has 1 unspecified atom stereocenters. The molecule has 1 atom stereocenters. The minimum Gasteiger partial charge on any atom is -0.367 e. The number of nitrogens with one attached hydrogen (secondary N) is 2. The number of carbonyl (C=O) groups is 2. The van der Waals surface area contributed by atoms with E-state index >= 15 is 0 Å². The third kappa shape index (κ3) is 5.18. The van der Waals surface area contributed by atoms with Crippen LogP contribution < -0.4 is 10.6 Å². The Morgan fingerprint density at radius 1 is 1.40 bits per heavy atom.